The van der Waals surface area contributed by atoms with E-state index in [1.807, 2.05) is 48.7 Å². The van der Waals surface area contributed by atoms with Crippen LogP contribution in [-0.4, -0.2) is 32.9 Å². The molecule has 1 aliphatic carbocycles. The highest BCUT2D eigenvalue weighted by atomic mass is 16.3. The van der Waals surface area contributed by atoms with E-state index in [4.69, 9.17) is 4.42 Å². The number of aromatic nitrogens is 1. The summed E-state index contributed by atoms with van der Waals surface area (Å²) in [5.74, 6) is -0.206. The Labute approximate surface area is 188 Å². The van der Waals surface area contributed by atoms with E-state index in [1.54, 1.807) is 17.2 Å². The monoisotopic (exact) mass is 433 g/mol. The molecule has 6 heteroatoms. The van der Waals surface area contributed by atoms with Crippen LogP contribution >= 0.6 is 0 Å². The molecule has 2 aromatic heterocycles. The lowest BCUT2D eigenvalue weighted by molar-refractivity contribution is -0.134. The summed E-state index contributed by atoms with van der Waals surface area (Å²) >= 11 is 0. The minimum Gasteiger partial charge on any atom is -0.463 e. The molecule has 1 atom stereocenters. The molecule has 1 fully saturated rings. The van der Waals surface area contributed by atoms with E-state index in [0.717, 1.165) is 36.8 Å². The number of carbonyl (C=O) groups excluding carboxylic acids is 2. The molecule has 168 valence electrons. The van der Waals surface area contributed by atoms with Crippen molar-refractivity contribution in [2.45, 2.75) is 77.0 Å². The van der Waals surface area contributed by atoms with Crippen molar-refractivity contribution < 1.29 is 14.0 Å². The molecule has 0 bridgehead atoms. The fraction of sp³-hybridized carbons (Fsp3) is 0.462. The van der Waals surface area contributed by atoms with Crippen molar-refractivity contribution in [3.63, 3.8) is 0 Å². The van der Waals surface area contributed by atoms with Crippen molar-refractivity contribution in [2.24, 2.45) is 0 Å². The van der Waals surface area contributed by atoms with Crippen molar-refractivity contribution in [2.75, 3.05) is 0 Å². The minimum absolute atomic E-state index is 0.0687. The molecule has 6 nitrogen and oxygen atoms in total. The second kappa shape index (κ2) is 8.15. The van der Waals surface area contributed by atoms with E-state index in [0.29, 0.717) is 24.4 Å². The van der Waals surface area contributed by atoms with Crippen molar-refractivity contribution in [3.8, 4) is 0 Å². The number of aryl methyl sites for hydroxylation is 1. The standard InChI is InChI=1S/C26H31N3O3/c1-18-9-11-19(12-10-18)16-29-24(30)22-15-23-21(13-14-32-23)28(22)17-26(29,2)25(31)27-20-7-5-3-4-6-8-20/h9-15,20H,3-8,16-17H2,1-2H3,(H,27,31)/t26-/m1/s1. The third kappa shape index (κ3) is 3.61. The quantitative estimate of drug-likeness (QED) is 0.601. The van der Waals surface area contributed by atoms with Gasteiger partial charge >= 0.3 is 0 Å². The maximum atomic E-state index is 13.8. The topological polar surface area (TPSA) is 67.5 Å². The zero-order chi connectivity index (χ0) is 22.3. The zero-order valence-electron chi connectivity index (χ0n) is 18.9. The molecule has 32 heavy (non-hydrogen) atoms. The molecule has 0 radical (unpaired) electrons. The highest BCUT2D eigenvalue weighted by molar-refractivity contribution is 6.02. The summed E-state index contributed by atoms with van der Waals surface area (Å²) in [6.07, 6.45) is 8.39. The van der Waals surface area contributed by atoms with E-state index in [-0.39, 0.29) is 17.9 Å². The summed E-state index contributed by atoms with van der Waals surface area (Å²) < 4.78 is 7.50. The molecule has 5 rings (SSSR count). The molecule has 3 heterocycles. The van der Waals surface area contributed by atoms with Gasteiger partial charge in [0, 0.05) is 24.7 Å². The van der Waals surface area contributed by atoms with Gasteiger partial charge < -0.3 is 19.2 Å². The van der Waals surface area contributed by atoms with Crippen LogP contribution in [0.4, 0.5) is 0 Å². The van der Waals surface area contributed by atoms with Crippen LogP contribution in [0.3, 0.4) is 0 Å². The van der Waals surface area contributed by atoms with Crippen LogP contribution in [0.1, 0.15) is 67.1 Å². The predicted octanol–water partition coefficient (Wildman–Crippen LogP) is 4.80. The van der Waals surface area contributed by atoms with Gasteiger partial charge in [0.15, 0.2) is 5.58 Å². The normalized spacial score (nSPS) is 22.1. The highest BCUT2D eigenvalue weighted by Gasteiger charge is 2.48. The Bertz CT molecular complexity index is 1130. The van der Waals surface area contributed by atoms with Gasteiger partial charge in [-0.05, 0) is 32.3 Å². The molecule has 0 unspecified atom stereocenters. The fourth-order valence-corrected chi connectivity index (χ4v) is 5.16. The van der Waals surface area contributed by atoms with Gasteiger partial charge in [0.2, 0.25) is 5.91 Å². The van der Waals surface area contributed by atoms with E-state index in [2.05, 4.69) is 5.32 Å². The molecule has 2 amide bonds. The van der Waals surface area contributed by atoms with Crippen LogP contribution in [0.2, 0.25) is 0 Å². The third-order valence-corrected chi connectivity index (χ3v) is 7.19. The minimum atomic E-state index is -0.996. The number of fused-ring (bicyclic) bond motifs is 3. The van der Waals surface area contributed by atoms with Gasteiger partial charge in [0.25, 0.3) is 5.91 Å². The van der Waals surface area contributed by atoms with Gasteiger partial charge in [0.05, 0.1) is 18.3 Å². The van der Waals surface area contributed by atoms with Gasteiger partial charge in [-0.1, -0.05) is 55.5 Å². The summed E-state index contributed by atoms with van der Waals surface area (Å²) in [7, 11) is 0. The van der Waals surface area contributed by atoms with E-state index >= 15 is 0 Å². The van der Waals surface area contributed by atoms with Gasteiger partial charge in [-0.3, -0.25) is 9.59 Å². The molecule has 1 aliphatic heterocycles. The smallest absolute Gasteiger partial charge is 0.271 e. The van der Waals surface area contributed by atoms with Crippen molar-refractivity contribution in [1.82, 2.24) is 14.8 Å². The van der Waals surface area contributed by atoms with Crippen LogP contribution in [0, 0.1) is 6.92 Å². The molecule has 0 saturated heterocycles. The fourth-order valence-electron chi connectivity index (χ4n) is 5.16. The first-order valence-corrected chi connectivity index (χ1v) is 11.7. The number of furan rings is 1. The SMILES string of the molecule is Cc1ccc(CN2C(=O)c3cc4occc4n3C[C@]2(C)C(=O)NC2CCCCCC2)cc1. The lowest BCUT2D eigenvalue weighted by Crippen LogP contribution is -2.64. The first-order chi connectivity index (χ1) is 15.5. The second-order valence-electron chi connectivity index (χ2n) is 9.60. The summed E-state index contributed by atoms with van der Waals surface area (Å²) in [5.41, 5.74) is 3.30. The van der Waals surface area contributed by atoms with Crippen molar-refractivity contribution in [1.29, 1.82) is 0 Å². The number of amides is 2. The summed E-state index contributed by atoms with van der Waals surface area (Å²) in [6, 6.07) is 12.0. The predicted molar refractivity (Wildman–Crippen MR) is 123 cm³/mol. The summed E-state index contributed by atoms with van der Waals surface area (Å²) in [6.45, 7) is 4.74. The number of benzene rings is 1. The molecule has 2 aliphatic rings. The number of carbonyl (C=O) groups is 2. The van der Waals surface area contributed by atoms with Crippen LogP contribution in [0.15, 0.2) is 47.1 Å². The van der Waals surface area contributed by atoms with E-state index < -0.39 is 5.54 Å². The highest BCUT2D eigenvalue weighted by Crippen LogP contribution is 2.34. The zero-order valence-corrected chi connectivity index (χ0v) is 18.9. The molecule has 1 saturated carbocycles. The molecule has 1 N–H and O–H groups in total. The Morgan fingerprint density at radius 1 is 1.12 bits per heavy atom. The van der Waals surface area contributed by atoms with Gasteiger partial charge in [-0.15, -0.1) is 0 Å². The lowest BCUT2D eigenvalue weighted by atomic mass is 9.93. The number of hydrogen-bond acceptors (Lipinski definition) is 3. The maximum absolute atomic E-state index is 13.8. The molecule has 0 spiro atoms. The average molecular weight is 434 g/mol. The Hall–Kier alpha value is -3.02. The number of rotatable bonds is 4. The first kappa shape index (κ1) is 20.9. The average Bonchev–Trinajstić information content (AvgIpc) is 3.27. The van der Waals surface area contributed by atoms with Gasteiger partial charge in [0.1, 0.15) is 11.2 Å². The van der Waals surface area contributed by atoms with Crippen LogP contribution in [-0.2, 0) is 17.9 Å². The molecule has 3 aromatic rings. The number of nitrogens with zero attached hydrogens (tertiary/aromatic N) is 2. The van der Waals surface area contributed by atoms with E-state index in [1.165, 1.54) is 18.4 Å². The Morgan fingerprint density at radius 3 is 2.56 bits per heavy atom. The first-order valence-electron chi connectivity index (χ1n) is 11.7. The number of nitrogens with one attached hydrogen (secondary N) is 1. The van der Waals surface area contributed by atoms with Crippen LogP contribution < -0.4 is 5.32 Å². The van der Waals surface area contributed by atoms with Gasteiger partial charge in [-0.2, -0.15) is 0 Å². The molecular formula is C26H31N3O3. The Morgan fingerprint density at radius 2 is 1.84 bits per heavy atom. The summed E-state index contributed by atoms with van der Waals surface area (Å²) in [5, 5.41) is 3.31. The third-order valence-electron chi connectivity index (χ3n) is 7.19. The van der Waals surface area contributed by atoms with Crippen LogP contribution in [0.25, 0.3) is 11.1 Å². The largest absolute Gasteiger partial charge is 0.463 e. The van der Waals surface area contributed by atoms with E-state index in [9.17, 15) is 9.59 Å². The summed E-state index contributed by atoms with van der Waals surface area (Å²) in [4.78, 5) is 29.2. The Balaban J connectivity index is 1.51. The van der Waals surface area contributed by atoms with Crippen molar-refractivity contribution in [3.05, 3.63) is 59.5 Å². The molecular weight excluding hydrogens is 402 g/mol. The number of hydrogen-bond donors (Lipinski definition) is 1. The maximum Gasteiger partial charge on any atom is 0.271 e. The van der Waals surface area contributed by atoms with Gasteiger partial charge in [-0.25, -0.2) is 0 Å². The van der Waals surface area contributed by atoms with Crippen LogP contribution in [0.5, 0.6) is 0 Å². The second-order valence-corrected chi connectivity index (χ2v) is 9.60. The Kier molecular flexibility index (Phi) is 5.31. The molecule has 1 aromatic carbocycles. The lowest BCUT2D eigenvalue weighted by Gasteiger charge is -2.44. The van der Waals surface area contributed by atoms with Crippen molar-refractivity contribution >= 4 is 22.9 Å².